The SMILES string of the molecule is CN=C(NCC(c1ccco1)N1CCCCC1)NCC1(OC)CCOCC1. The second kappa shape index (κ2) is 10.1. The van der Waals surface area contributed by atoms with Crippen LogP contribution in [-0.4, -0.2) is 70.0 Å². The molecule has 2 saturated heterocycles. The summed E-state index contributed by atoms with van der Waals surface area (Å²) in [6, 6.07) is 4.25. The minimum atomic E-state index is -0.177. The third kappa shape index (κ3) is 5.46. The molecule has 7 heteroatoms. The van der Waals surface area contributed by atoms with Crippen LogP contribution in [0.15, 0.2) is 27.8 Å². The van der Waals surface area contributed by atoms with Crippen LogP contribution in [0.1, 0.15) is 43.9 Å². The van der Waals surface area contributed by atoms with Gasteiger partial charge in [-0.05, 0) is 38.1 Å². The monoisotopic (exact) mass is 378 g/mol. The van der Waals surface area contributed by atoms with Gasteiger partial charge in [0, 0.05) is 53.3 Å². The first-order valence-electron chi connectivity index (χ1n) is 10.1. The molecule has 2 aliphatic heterocycles. The van der Waals surface area contributed by atoms with Crippen molar-refractivity contribution in [2.75, 3.05) is 53.6 Å². The van der Waals surface area contributed by atoms with Crippen molar-refractivity contribution < 1.29 is 13.9 Å². The van der Waals surface area contributed by atoms with Gasteiger partial charge in [-0.2, -0.15) is 0 Å². The van der Waals surface area contributed by atoms with E-state index < -0.39 is 0 Å². The molecule has 2 aliphatic rings. The van der Waals surface area contributed by atoms with Crippen LogP contribution >= 0.6 is 0 Å². The van der Waals surface area contributed by atoms with Crippen LogP contribution < -0.4 is 10.6 Å². The molecule has 7 nitrogen and oxygen atoms in total. The Hall–Kier alpha value is -1.57. The number of nitrogens with zero attached hydrogens (tertiary/aromatic N) is 2. The third-order valence-electron chi connectivity index (χ3n) is 5.80. The van der Waals surface area contributed by atoms with E-state index in [1.165, 1.54) is 19.3 Å². The van der Waals surface area contributed by atoms with Crippen molar-refractivity contribution in [3.8, 4) is 0 Å². The van der Waals surface area contributed by atoms with Crippen LogP contribution in [0, 0.1) is 0 Å². The van der Waals surface area contributed by atoms with E-state index in [1.54, 1.807) is 13.4 Å². The highest BCUT2D eigenvalue weighted by Crippen LogP contribution is 2.25. The van der Waals surface area contributed by atoms with Gasteiger partial charge in [-0.25, -0.2) is 0 Å². The molecular weight excluding hydrogens is 344 g/mol. The number of hydrogen-bond donors (Lipinski definition) is 2. The first-order valence-corrected chi connectivity index (χ1v) is 10.1. The standard InChI is InChI=1S/C20H34N4O3/c1-21-19(23-16-20(25-2)8-13-26-14-9-20)22-15-17(18-7-6-12-27-18)24-10-4-3-5-11-24/h6-7,12,17H,3-5,8-11,13-16H2,1-2H3,(H2,21,22,23). The van der Waals surface area contributed by atoms with E-state index in [9.17, 15) is 0 Å². The lowest BCUT2D eigenvalue weighted by atomic mass is 9.94. The lowest BCUT2D eigenvalue weighted by Gasteiger charge is -2.37. The molecule has 0 radical (unpaired) electrons. The minimum Gasteiger partial charge on any atom is -0.468 e. The Morgan fingerprint density at radius 2 is 2.04 bits per heavy atom. The number of methoxy groups -OCH3 is 1. The van der Waals surface area contributed by atoms with Crippen molar-refractivity contribution in [3.63, 3.8) is 0 Å². The summed E-state index contributed by atoms with van der Waals surface area (Å²) >= 11 is 0. The van der Waals surface area contributed by atoms with Crippen molar-refractivity contribution >= 4 is 5.96 Å². The largest absolute Gasteiger partial charge is 0.468 e. The fourth-order valence-electron chi connectivity index (χ4n) is 3.98. The summed E-state index contributed by atoms with van der Waals surface area (Å²) in [5, 5.41) is 6.93. The van der Waals surface area contributed by atoms with Crippen molar-refractivity contribution in [2.45, 2.75) is 43.7 Å². The molecule has 3 rings (SSSR count). The van der Waals surface area contributed by atoms with Gasteiger partial charge in [0.2, 0.25) is 0 Å². The number of hydrogen-bond acceptors (Lipinski definition) is 5. The van der Waals surface area contributed by atoms with Gasteiger partial charge < -0.3 is 24.5 Å². The van der Waals surface area contributed by atoms with Crippen molar-refractivity contribution in [3.05, 3.63) is 24.2 Å². The molecule has 2 N–H and O–H groups in total. The zero-order valence-corrected chi connectivity index (χ0v) is 16.7. The van der Waals surface area contributed by atoms with Gasteiger partial charge >= 0.3 is 0 Å². The first-order chi connectivity index (χ1) is 13.3. The van der Waals surface area contributed by atoms with E-state index in [1.807, 2.05) is 13.1 Å². The number of likely N-dealkylation sites (tertiary alicyclic amines) is 1. The summed E-state index contributed by atoms with van der Waals surface area (Å²) in [6.45, 7) is 5.21. The highest BCUT2D eigenvalue weighted by Gasteiger charge is 2.32. The van der Waals surface area contributed by atoms with Gasteiger partial charge in [-0.15, -0.1) is 0 Å². The summed E-state index contributed by atoms with van der Waals surface area (Å²) in [6.07, 6.45) is 7.38. The molecule has 152 valence electrons. The summed E-state index contributed by atoms with van der Waals surface area (Å²) < 4.78 is 17.0. The Bertz CT molecular complexity index is 564. The average Bonchev–Trinajstić information content (AvgIpc) is 3.26. The summed E-state index contributed by atoms with van der Waals surface area (Å²) in [5.74, 6) is 1.81. The number of aliphatic imine (C=N–C) groups is 1. The predicted molar refractivity (Wildman–Crippen MR) is 106 cm³/mol. The molecule has 0 amide bonds. The Kier molecular flexibility index (Phi) is 7.55. The molecule has 0 spiro atoms. The maximum absolute atomic E-state index is 5.80. The number of rotatable bonds is 7. The zero-order chi connectivity index (χ0) is 19.0. The number of piperidine rings is 1. The Balaban J connectivity index is 1.56. The van der Waals surface area contributed by atoms with Crippen LogP contribution in [-0.2, 0) is 9.47 Å². The van der Waals surface area contributed by atoms with E-state index >= 15 is 0 Å². The quantitative estimate of drug-likeness (QED) is 0.560. The van der Waals surface area contributed by atoms with Gasteiger partial charge in [-0.1, -0.05) is 6.42 Å². The predicted octanol–water partition coefficient (Wildman–Crippen LogP) is 2.17. The van der Waals surface area contributed by atoms with Crippen molar-refractivity contribution in [1.29, 1.82) is 0 Å². The number of guanidine groups is 1. The van der Waals surface area contributed by atoms with Crippen LogP contribution in [0.3, 0.4) is 0 Å². The number of nitrogens with one attached hydrogen (secondary N) is 2. The van der Waals surface area contributed by atoms with Crippen molar-refractivity contribution in [1.82, 2.24) is 15.5 Å². The molecule has 0 saturated carbocycles. The van der Waals surface area contributed by atoms with E-state index in [0.29, 0.717) is 0 Å². The van der Waals surface area contributed by atoms with E-state index in [2.05, 4.69) is 26.6 Å². The summed E-state index contributed by atoms with van der Waals surface area (Å²) in [5.41, 5.74) is -0.177. The molecule has 1 aromatic heterocycles. The topological polar surface area (TPSA) is 71.3 Å². The maximum atomic E-state index is 5.80. The molecule has 1 atom stereocenters. The van der Waals surface area contributed by atoms with Gasteiger partial charge in [0.15, 0.2) is 5.96 Å². The fourth-order valence-corrected chi connectivity index (χ4v) is 3.98. The second-order valence-corrected chi connectivity index (χ2v) is 7.43. The van der Waals surface area contributed by atoms with Crippen LogP contribution in [0.4, 0.5) is 0 Å². The van der Waals surface area contributed by atoms with Gasteiger partial charge in [0.25, 0.3) is 0 Å². The highest BCUT2D eigenvalue weighted by atomic mass is 16.5. The van der Waals surface area contributed by atoms with Gasteiger partial charge in [-0.3, -0.25) is 9.89 Å². The molecule has 0 aliphatic carbocycles. The lowest BCUT2D eigenvalue weighted by Crippen LogP contribution is -2.51. The average molecular weight is 379 g/mol. The molecule has 0 aromatic carbocycles. The molecule has 2 fully saturated rings. The lowest BCUT2D eigenvalue weighted by molar-refractivity contribution is -0.0855. The molecule has 0 bridgehead atoms. The summed E-state index contributed by atoms with van der Waals surface area (Å²) in [4.78, 5) is 6.91. The van der Waals surface area contributed by atoms with Crippen LogP contribution in [0.5, 0.6) is 0 Å². The van der Waals surface area contributed by atoms with Crippen LogP contribution in [0.2, 0.25) is 0 Å². The molecule has 27 heavy (non-hydrogen) atoms. The van der Waals surface area contributed by atoms with Crippen LogP contribution in [0.25, 0.3) is 0 Å². The summed E-state index contributed by atoms with van der Waals surface area (Å²) in [7, 11) is 3.59. The molecule has 1 aromatic rings. The fraction of sp³-hybridized carbons (Fsp3) is 0.750. The van der Waals surface area contributed by atoms with E-state index in [0.717, 1.165) is 64.0 Å². The van der Waals surface area contributed by atoms with E-state index in [-0.39, 0.29) is 11.6 Å². The Labute approximate surface area is 162 Å². The highest BCUT2D eigenvalue weighted by molar-refractivity contribution is 5.79. The number of furan rings is 1. The third-order valence-corrected chi connectivity index (χ3v) is 5.80. The smallest absolute Gasteiger partial charge is 0.191 e. The van der Waals surface area contributed by atoms with Crippen molar-refractivity contribution in [2.24, 2.45) is 4.99 Å². The normalized spacial score (nSPS) is 22.4. The number of ether oxygens (including phenoxy) is 2. The Morgan fingerprint density at radius 3 is 2.67 bits per heavy atom. The first kappa shape index (κ1) is 20.2. The minimum absolute atomic E-state index is 0.177. The van der Waals surface area contributed by atoms with E-state index in [4.69, 9.17) is 13.9 Å². The molecular formula is C20H34N4O3. The Morgan fingerprint density at radius 1 is 1.26 bits per heavy atom. The van der Waals surface area contributed by atoms with Gasteiger partial charge in [0.05, 0.1) is 17.9 Å². The molecule has 1 unspecified atom stereocenters. The second-order valence-electron chi connectivity index (χ2n) is 7.43. The molecule has 3 heterocycles. The maximum Gasteiger partial charge on any atom is 0.191 e. The van der Waals surface area contributed by atoms with Gasteiger partial charge in [0.1, 0.15) is 5.76 Å². The zero-order valence-electron chi connectivity index (χ0n) is 16.7.